The summed E-state index contributed by atoms with van der Waals surface area (Å²) in [6.45, 7) is 6.69. The van der Waals surface area contributed by atoms with Crippen LogP contribution >= 0.6 is 0 Å². The van der Waals surface area contributed by atoms with Gasteiger partial charge in [0.05, 0.1) is 24.0 Å². The van der Waals surface area contributed by atoms with Crippen LogP contribution in [0.5, 0.6) is 5.75 Å². The van der Waals surface area contributed by atoms with Crippen molar-refractivity contribution in [2.45, 2.75) is 6.92 Å². The molecule has 0 aliphatic carbocycles. The number of esters is 1. The van der Waals surface area contributed by atoms with E-state index in [1.54, 1.807) is 24.3 Å². The molecular weight excluding hydrogens is 370 g/mol. The third-order valence-corrected chi connectivity index (χ3v) is 4.97. The van der Waals surface area contributed by atoms with Gasteiger partial charge in [-0.15, -0.1) is 0 Å². The van der Waals surface area contributed by atoms with Crippen molar-refractivity contribution in [2.24, 2.45) is 0 Å². The molecule has 1 amide bonds. The summed E-state index contributed by atoms with van der Waals surface area (Å²) in [5.41, 5.74) is 1.86. The average Bonchev–Trinajstić information content (AvgIpc) is 2.78. The lowest BCUT2D eigenvalue weighted by molar-refractivity contribution is -0.118. The van der Waals surface area contributed by atoms with Crippen LogP contribution in [0, 0.1) is 0 Å². The van der Waals surface area contributed by atoms with Crippen LogP contribution in [-0.2, 0) is 9.53 Å². The highest BCUT2D eigenvalue weighted by Gasteiger charge is 2.20. The summed E-state index contributed by atoms with van der Waals surface area (Å²) in [6.07, 6.45) is 0. The smallest absolute Gasteiger partial charge is 0.337 e. The highest BCUT2D eigenvalue weighted by Crippen LogP contribution is 2.29. The molecule has 1 aliphatic heterocycles. The predicted octanol–water partition coefficient (Wildman–Crippen LogP) is 2.63. The SMILES string of the molecule is CCN1CCN(c2ccc(C(=O)OC)cc2NC(=O)COc2ccccc2)CC1. The number of hydrogen-bond acceptors (Lipinski definition) is 6. The van der Waals surface area contributed by atoms with Crippen molar-refractivity contribution in [3.8, 4) is 5.75 Å². The minimum Gasteiger partial charge on any atom is -0.484 e. The van der Waals surface area contributed by atoms with Gasteiger partial charge in [-0.25, -0.2) is 4.79 Å². The lowest BCUT2D eigenvalue weighted by Crippen LogP contribution is -2.46. The van der Waals surface area contributed by atoms with Gasteiger partial charge in [0.2, 0.25) is 0 Å². The van der Waals surface area contributed by atoms with E-state index in [9.17, 15) is 9.59 Å². The van der Waals surface area contributed by atoms with Gasteiger partial charge in [-0.2, -0.15) is 0 Å². The number of ether oxygens (including phenoxy) is 2. The molecular formula is C22H27N3O4. The number of benzene rings is 2. The zero-order chi connectivity index (χ0) is 20.6. The zero-order valence-corrected chi connectivity index (χ0v) is 16.9. The van der Waals surface area contributed by atoms with Gasteiger partial charge in [-0.05, 0) is 36.9 Å². The molecule has 0 radical (unpaired) electrons. The fourth-order valence-electron chi connectivity index (χ4n) is 3.31. The molecule has 7 heteroatoms. The van der Waals surface area contributed by atoms with E-state index in [1.165, 1.54) is 7.11 Å². The van der Waals surface area contributed by atoms with Crippen LogP contribution < -0.4 is 15.0 Å². The molecule has 2 aromatic rings. The van der Waals surface area contributed by atoms with Gasteiger partial charge in [-0.1, -0.05) is 25.1 Å². The highest BCUT2D eigenvalue weighted by atomic mass is 16.5. The first-order valence-corrected chi connectivity index (χ1v) is 9.78. The summed E-state index contributed by atoms with van der Waals surface area (Å²) < 4.78 is 10.3. The number of methoxy groups -OCH3 is 1. The average molecular weight is 397 g/mol. The third kappa shape index (κ3) is 5.48. The van der Waals surface area contributed by atoms with Crippen LogP contribution in [-0.4, -0.2) is 63.2 Å². The summed E-state index contributed by atoms with van der Waals surface area (Å²) in [5.74, 6) is -0.102. The third-order valence-electron chi connectivity index (χ3n) is 4.97. The number of nitrogens with one attached hydrogen (secondary N) is 1. The Morgan fingerprint density at radius 2 is 1.76 bits per heavy atom. The predicted molar refractivity (Wildman–Crippen MR) is 113 cm³/mol. The number of para-hydroxylation sites is 1. The van der Waals surface area contributed by atoms with E-state index >= 15 is 0 Å². The molecule has 0 atom stereocenters. The van der Waals surface area contributed by atoms with Crippen LogP contribution in [0.25, 0.3) is 0 Å². The largest absolute Gasteiger partial charge is 0.484 e. The second-order valence-corrected chi connectivity index (χ2v) is 6.79. The van der Waals surface area contributed by atoms with E-state index in [0.29, 0.717) is 17.0 Å². The van der Waals surface area contributed by atoms with Crippen molar-refractivity contribution in [1.29, 1.82) is 0 Å². The molecule has 1 aliphatic rings. The minimum absolute atomic E-state index is 0.116. The normalized spacial score (nSPS) is 14.3. The van der Waals surface area contributed by atoms with Crippen molar-refractivity contribution in [1.82, 2.24) is 4.90 Å². The van der Waals surface area contributed by atoms with Crippen LogP contribution in [0.1, 0.15) is 17.3 Å². The molecule has 7 nitrogen and oxygen atoms in total. The van der Waals surface area contributed by atoms with E-state index in [-0.39, 0.29) is 12.5 Å². The number of nitrogens with zero attached hydrogens (tertiary/aromatic N) is 2. The van der Waals surface area contributed by atoms with Crippen molar-refractivity contribution in [3.05, 3.63) is 54.1 Å². The minimum atomic E-state index is -0.441. The Bertz CT molecular complexity index is 833. The van der Waals surface area contributed by atoms with Gasteiger partial charge in [0.25, 0.3) is 5.91 Å². The highest BCUT2D eigenvalue weighted by molar-refractivity contribution is 5.98. The van der Waals surface area contributed by atoms with E-state index in [4.69, 9.17) is 9.47 Å². The number of anilines is 2. The van der Waals surface area contributed by atoms with Crippen molar-refractivity contribution < 1.29 is 19.1 Å². The Hall–Kier alpha value is -3.06. The van der Waals surface area contributed by atoms with E-state index < -0.39 is 5.97 Å². The fourth-order valence-corrected chi connectivity index (χ4v) is 3.31. The van der Waals surface area contributed by atoms with Gasteiger partial charge in [-0.3, -0.25) is 4.79 Å². The maximum Gasteiger partial charge on any atom is 0.337 e. The van der Waals surface area contributed by atoms with Gasteiger partial charge in [0, 0.05) is 26.2 Å². The van der Waals surface area contributed by atoms with E-state index in [1.807, 2.05) is 24.3 Å². The maximum atomic E-state index is 12.5. The molecule has 1 heterocycles. The maximum absolute atomic E-state index is 12.5. The van der Waals surface area contributed by atoms with E-state index in [2.05, 4.69) is 22.0 Å². The number of carbonyl (C=O) groups excluding carboxylic acids is 2. The molecule has 0 unspecified atom stereocenters. The second kappa shape index (κ2) is 9.93. The zero-order valence-electron chi connectivity index (χ0n) is 16.9. The van der Waals surface area contributed by atoms with Gasteiger partial charge in [0.15, 0.2) is 6.61 Å². The molecule has 1 saturated heterocycles. The van der Waals surface area contributed by atoms with Gasteiger partial charge in [0.1, 0.15) is 5.75 Å². The Morgan fingerprint density at radius 3 is 2.41 bits per heavy atom. The molecule has 1 N–H and O–H groups in total. The molecule has 0 spiro atoms. The Morgan fingerprint density at radius 1 is 1.03 bits per heavy atom. The van der Waals surface area contributed by atoms with Gasteiger partial charge < -0.3 is 24.6 Å². The fraction of sp³-hybridized carbons (Fsp3) is 0.364. The lowest BCUT2D eigenvalue weighted by atomic mass is 10.1. The van der Waals surface area contributed by atoms with Gasteiger partial charge >= 0.3 is 5.97 Å². The molecule has 2 aromatic carbocycles. The Kier molecular flexibility index (Phi) is 7.08. The van der Waals surface area contributed by atoms with Crippen molar-refractivity contribution in [2.75, 3.05) is 56.7 Å². The first-order valence-electron chi connectivity index (χ1n) is 9.78. The topological polar surface area (TPSA) is 71.1 Å². The summed E-state index contributed by atoms with van der Waals surface area (Å²) >= 11 is 0. The Balaban J connectivity index is 1.74. The first-order chi connectivity index (χ1) is 14.1. The quantitative estimate of drug-likeness (QED) is 0.725. The summed E-state index contributed by atoms with van der Waals surface area (Å²) in [6, 6.07) is 14.4. The molecule has 29 heavy (non-hydrogen) atoms. The molecule has 0 bridgehead atoms. The number of amides is 1. The first kappa shape index (κ1) is 20.7. The summed E-state index contributed by atoms with van der Waals surface area (Å²) in [4.78, 5) is 29.0. The van der Waals surface area contributed by atoms with Crippen molar-refractivity contribution >= 4 is 23.3 Å². The van der Waals surface area contributed by atoms with Crippen LogP contribution in [0.3, 0.4) is 0 Å². The Labute approximate surface area is 171 Å². The molecule has 3 rings (SSSR count). The number of carbonyl (C=O) groups is 2. The monoisotopic (exact) mass is 397 g/mol. The van der Waals surface area contributed by atoms with Crippen LogP contribution in [0.2, 0.25) is 0 Å². The number of piperazine rings is 1. The number of likely N-dealkylation sites (N-methyl/N-ethyl adjacent to an activating group) is 1. The van der Waals surface area contributed by atoms with Crippen LogP contribution in [0.4, 0.5) is 11.4 Å². The van der Waals surface area contributed by atoms with Crippen LogP contribution in [0.15, 0.2) is 48.5 Å². The number of hydrogen-bond donors (Lipinski definition) is 1. The molecule has 1 fully saturated rings. The second-order valence-electron chi connectivity index (χ2n) is 6.79. The summed E-state index contributed by atoms with van der Waals surface area (Å²) in [5, 5.41) is 2.90. The molecule has 0 saturated carbocycles. The van der Waals surface area contributed by atoms with E-state index in [0.717, 1.165) is 38.4 Å². The summed E-state index contributed by atoms with van der Waals surface area (Å²) in [7, 11) is 1.34. The van der Waals surface area contributed by atoms with Crippen molar-refractivity contribution in [3.63, 3.8) is 0 Å². The molecule has 154 valence electrons. The molecule has 0 aromatic heterocycles. The number of rotatable bonds is 7. The lowest BCUT2D eigenvalue weighted by Gasteiger charge is -2.36. The standard InChI is InChI=1S/C22H27N3O4/c1-3-24-11-13-25(14-12-24)20-10-9-17(22(27)28-2)15-19(20)23-21(26)16-29-18-7-5-4-6-8-18/h4-10,15H,3,11-14,16H2,1-2H3,(H,23,26).